The van der Waals surface area contributed by atoms with Crippen molar-refractivity contribution in [3.05, 3.63) is 78.1 Å². The molecule has 0 atom stereocenters. The molecular formula is C28H22N8O3. The maximum absolute atomic E-state index is 5.54. The molecule has 4 aromatic rings. The number of ether oxygens (including phenoxy) is 3. The molecule has 192 valence electrons. The lowest BCUT2D eigenvalue weighted by Crippen LogP contribution is -2.05. The van der Waals surface area contributed by atoms with E-state index in [1.807, 2.05) is 42.5 Å². The van der Waals surface area contributed by atoms with E-state index in [0.717, 1.165) is 16.7 Å². The second-order valence-electron chi connectivity index (χ2n) is 8.86. The van der Waals surface area contributed by atoms with Crippen LogP contribution in [0.1, 0.15) is 17.1 Å². The van der Waals surface area contributed by atoms with Crippen molar-refractivity contribution in [3.63, 3.8) is 0 Å². The van der Waals surface area contributed by atoms with Crippen molar-refractivity contribution in [2.24, 2.45) is 15.0 Å². The first-order chi connectivity index (χ1) is 19.3. The number of hydrogen-bond donors (Lipinski definition) is 0. The molecule has 0 bridgehead atoms. The number of nitrogens with zero attached hydrogens (tertiary/aromatic N) is 8. The van der Waals surface area contributed by atoms with Crippen molar-refractivity contribution >= 4 is 17.7 Å². The average molecular weight is 519 g/mol. The quantitative estimate of drug-likeness (QED) is 0.381. The molecular weight excluding hydrogens is 496 g/mol. The Hall–Kier alpha value is -5.06. The fourth-order valence-electron chi connectivity index (χ4n) is 4.34. The van der Waals surface area contributed by atoms with Gasteiger partial charge in [0.15, 0.2) is 5.82 Å². The van der Waals surface area contributed by atoms with Gasteiger partial charge in [0.05, 0.1) is 31.0 Å². The van der Waals surface area contributed by atoms with Crippen LogP contribution in [0.5, 0.6) is 0 Å². The summed E-state index contributed by atoms with van der Waals surface area (Å²) in [6, 6.07) is 13.4. The summed E-state index contributed by atoms with van der Waals surface area (Å²) in [4.78, 5) is 36.4. The summed E-state index contributed by atoms with van der Waals surface area (Å²) >= 11 is 0. The van der Waals surface area contributed by atoms with Gasteiger partial charge in [-0.1, -0.05) is 0 Å². The molecule has 0 spiro atoms. The van der Waals surface area contributed by atoms with Crippen LogP contribution >= 0.6 is 0 Å². The Morgan fingerprint density at radius 1 is 0.462 bits per heavy atom. The first-order valence-corrected chi connectivity index (χ1v) is 12.6. The van der Waals surface area contributed by atoms with Gasteiger partial charge in [-0.2, -0.15) is 0 Å². The Labute approximate surface area is 223 Å². The zero-order valence-corrected chi connectivity index (χ0v) is 20.8. The highest BCUT2D eigenvalue weighted by atomic mass is 16.5. The van der Waals surface area contributed by atoms with Gasteiger partial charge in [-0.05, 0) is 42.5 Å². The molecule has 3 aliphatic rings. The van der Waals surface area contributed by atoms with Crippen LogP contribution in [-0.4, -0.2) is 82.1 Å². The van der Waals surface area contributed by atoms with Gasteiger partial charge in [0.2, 0.25) is 17.7 Å². The molecule has 0 saturated carbocycles. The van der Waals surface area contributed by atoms with E-state index in [9.17, 15) is 0 Å². The lowest BCUT2D eigenvalue weighted by Gasteiger charge is -2.10. The van der Waals surface area contributed by atoms with Gasteiger partial charge in [0, 0.05) is 35.3 Å². The van der Waals surface area contributed by atoms with Gasteiger partial charge in [-0.15, -0.1) is 0 Å². The summed E-state index contributed by atoms with van der Waals surface area (Å²) in [5.41, 5.74) is 5.92. The van der Waals surface area contributed by atoms with Crippen molar-refractivity contribution in [1.29, 1.82) is 0 Å². The van der Waals surface area contributed by atoms with Crippen LogP contribution in [0.15, 0.2) is 76.0 Å². The van der Waals surface area contributed by atoms with Crippen LogP contribution in [0.2, 0.25) is 0 Å². The maximum Gasteiger partial charge on any atom is 0.235 e. The summed E-state index contributed by atoms with van der Waals surface area (Å²) in [7, 11) is 0. The summed E-state index contributed by atoms with van der Waals surface area (Å²) in [5, 5.41) is 0. The second kappa shape index (κ2) is 10.0. The number of aliphatic imine (C=N–C) groups is 3. The number of aromatic nitrogens is 5. The lowest BCUT2D eigenvalue weighted by atomic mass is 10.1. The van der Waals surface area contributed by atoms with Crippen molar-refractivity contribution < 1.29 is 14.2 Å². The third-order valence-corrected chi connectivity index (χ3v) is 6.28. The smallest absolute Gasteiger partial charge is 0.235 e. The molecule has 4 aromatic heterocycles. The Morgan fingerprint density at radius 2 is 0.872 bits per heavy atom. The summed E-state index contributed by atoms with van der Waals surface area (Å²) in [5.74, 6) is 2.21. The molecule has 11 heteroatoms. The third kappa shape index (κ3) is 4.70. The highest BCUT2D eigenvalue weighted by Crippen LogP contribution is 2.27. The van der Waals surface area contributed by atoms with Gasteiger partial charge in [0.1, 0.15) is 36.9 Å². The van der Waals surface area contributed by atoms with E-state index in [4.69, 9.17) is 24.2 Å². The topological polar surface area (TPSA) is 129 Å². The Kier molecular flexibility index (Phi) is 5.93. The van der Waals surface area contributed by atoms with Crippen LogP contribution in [0.4, 0.5) is 0 Å². The highest BCUT2D eigenvalue weighted by molar-refractivity contribution is 5.94. The monoisotopic (exact) mass is 518 g/mol. The van der Waals surface area contributed by atoms with Crippen LogP contribution in [-0.2, 0) is 14.2 Å². The Balaban J connectivity index is 1.27. The van der Waals surface area contributed by atoms with Crippen LogP contribution in [0.3, 0.4) is 0 Å². The van der Waals surface area contributed by atoms with E-state index in [0.29, 0.717) is 91.4 Å². The minimum Gasteiger partial charge on any atom is -0.474 e. The average Bonchev–Trinajstić information content (AvgIpc) is 3.82. The summed E-state index contributed by atoms with van der Waals surface area (Å²) in [6.07, 6.45) is 5.27. The lowest BCUT2D eigenvalue weighted by molar-refractivity contribution is 0.347. The van der Waals surface area contributed by atoms with E-state index < -0.39 is 0 Å². The van der Waals surface area contributed by atoms with Crippen LogP contribution in [0, 0.1) is 0 Å². The number of rotatable bonds is 6. The zero-order valence-electron chi connectivity index (χ0n) is 20.8. The molecule has 0 unspecified atom stereocenters. The normalized spacial score (nSPS) is 16.2. The molecule has 7 heterocycles. The third-order valence-electron chi connectivity index (χ3n) is 6.28. The van der Waals surface area contributed by atoms with Gasteiger partial charge in [-0.3, -0.25) is 15.0 Å². The number of pyridine rings is 3. The molecule has 7 rings (SSSR count). The van der Waals surface area contributed by atoms with E-state index in [1.165, 1.54) is 0 Å². The van der Waals surface area contributed by atoms with Crippen molar-refractivity contribution in [1.82, 2.24) is 24.9 Å². The molecule has 0 saturated heterocycles. The molecule has 3 aliphatic heterocycles. The largest absolute Gasteiger partial charge is 0.474 e. The van der Waals surface area contributed by atoms with E-state index in [2.05, 4.69) is 29.9 Å². The SMILES string of the molecule is c1cc(C2=NCCO2)ncc1-c1cc(-c2ccc(C3=NCCO3)nc2)nc(-c2ccc(C3=NCCO3)nc2)n1. The van der Waals surface area contributed by atoms with Gasteiger partial charge in [-0.25, -0.2) is 24.9 Å². The van der Waals surface area contributed by atoms with Crippen LogP contribution in [0.25, 0.3) is 33.9 Å². The maximum atomic E-state index is 5.54. The molecule has 11 nitrogen and oxygen atoms in total. The molecule has 0 N–H and O–H groups in total. The molecule has 0 aromatic carbocycles. The van der Waals surface area contributed by atoms with Gasteiger partial charge >= 0.3 is 0 Å². The van der Waals surface area contributed by atoms with Crippen LogP contribution < -0.4 is 0 Å². The highest BCUT2D eigenvalue weighted by Gasteiger charge is 2.17. The molecule has 0 amide bonds. The minimum absolute atomic E-state index is 0.524. The second-order valence-corrected chi connectivity index (χ2v) is 8.86. The zero-order chi connectivity index (χ0) is 26.0. The van der Waals surface area contributed by atoms with E-state index in [-0.39, 0.29) is 0 Å². The van der Waals surface area contributed by atoms with Crippen molar-refractivity contribution in [2.75, 3.05) is 39.5 Å². The van der Waals surface area contributed by atoms with Gasteiger partial charge in [0.25, 0.3) is 0 Å². The number of hydrogen-bond acceptors (Lipinski definition) is 11. The molecule has 0 radical (unpaired) electrons. The first kappa shape index (κ1) is 23.1. The first-order valence-electron chi connectivity index (χ1n) is 12.6. The Morgan fingerprint density at radius 3 is 1.21 bits per heavy atom. The fraction of sp³-hybridized carbons (Fsp3) is 0.214. The standard InChI is InChI=1S/C28H22N8O3/c1-4-20(26-29-7-10-37-26)32-14-17(1)23-13-24(18-2-5-21(33-15-18)27-30-8-11-38-27)36-25(35-23)19-3-6-22(34-16-19)28-31-9-12-39-28/h1-6,13-16H,7-12H2. The van der Waals surface area contributed by atoms with Crippen molar-refractivity contribution in [3.8, 4) is 33.9 Å². The van der Waals surface area contributed by atoms with Crippen molar-refractivity contribution in [2.45, 2.75) is 0 Å². The summed E-state index contributed by atoms with van der Waals surface area (Å²) < 4.78 is 16.6. The summed E-state index contributed by atoms with van der Waals surface area (Å²) in [6.45, 7) is 3.68. The van der Waals surface area contributed by atoms with E-state index >= 15 is 0 Å². The fourth-order valence-corrected chi connectivity index (χ4v) is 4.34. The predicted octanol–water partition coefficient (Wildman–Crippen LogP) is 2.99. The predicted molar refractivity (Wildman–Crippen MR) is 144 cm³/mol. The molecule has 0 aliphatic carbocycles. The van der Waals surface area contributed by atoms with E-state index in [1.54, 1.807) is 18.6 Å². The molecule has 39 heavy (non-hydrogen) atoms. The Bertz CT molecular complexity index is 1410. The molecule has 0 fully saturated rings. The van der Waals surface area contributed by atoms with Gasteiger partial charge < -0.3 is 14.2 Å². The minimum atomic E-state index is 0.524.